The third-order valence-electron chi connectivity index (χ3n) is 6.44. The smallest absolute Gasteiger partial charge is 0.00132 e. The molecule has 3 aliphatic rings. The van der Waals surface area contributed by atoms with Gasteiger partial charge >= 0.3 is 0 Å². The molecule has 0 spiro atoms. The van der Waals surface area contributed by atoms with Crippen LogP contribution in [0.3, 0.4) is 0 Å². The van der Waals surface area contributed by atoms with Crippen molar-refractivity contribution in [2.24, 2.45) is 16.7 Å². The first-order valence-corrected chi connectivity index (χ1v) is 7.36. The number of fused-ring (bicyclic) bond motifs is 2. The van der Waals surface area contributed by atoms with Crippen molar-refractivity contribution in [2.45, 2.75) is 58.8 Å². The summed E-state index contributed by atoms with van der Waals surface area (Å²) in [5.41, 5.74) is 1.37. The first-order chi connectivity index (χ1) is 7.64. The Morgan fingerprint density at radius 1 is 1.06 bits per heavy atom. The van der Waals surface area contributed by atoms with Crippen molar-refractivity contribution in [3.8, 4) is 0 Å². The van der Waals surface area contributed by atoms with Crippen LogP contribution in [0.5, 0.6) is 0 Å². The summed E-state index contributed by atoms with van der Waals surface area (Å²) >= 11 is 0. The Balaban J connectivity index is 1.64. The van der Waals surface area contributed by atoms with E-state index in [0.29, 0.717) is 5.41 Å². The van der Waals surface area contributed by atoms with Crippen molar-refractivity contribution in [3.63, 3.8) is 0 Å². The fourth-order valence-corrected chi connectivity index (χ4v) is 4.92. The fourth-order valence-electron chi connectivity index (χ4n) is 4.92. The van der Waals surface area contributed by atoms with Crippen molar-refractivity contribution in [3.05, 3.63) is 0 Å². The van der Waals surface area contributed by atoms with Crippen LogP contribution in [-0.2, 0) is 0 Å². The highest BCUT2D eigenvalue weighted by Crippen LogP contribution is 2.67. The van der Waals surface area contributed by atoms with Crippen LogP contribution >= 0.6 is 0 Å². The molecule has 3 fully saturated rings. The van der Waals surface area contributed by atoms with Gasteiger partial charge in [0, 0.05) is 0 Å². The lowest BCUT2D eigenvalue weighted by Crippen LogP contribution is -2.34. The van der Waals surface area contributed by atoms with E-state index in [9.17, 15) is 0 Å². The zero-order valence-corrected chi connectivity index (χ0v) is 11.1. The first-order valence-electron chi connectivity index (χ1n) is 7.36. The molecule has 2 bridgehead atoms. The van der Waals surface area contributed by atoms with E-state index >= 15 is 0 Å². The summed E-state index contributed by atoms with van der Waals surface area (Å²) in [5.74, 6) is 1.05. The van der Waals surface area contributed by atoms with Gasteiger partial charge < -0.3 is 4.90 Å². The highest BCUT2D eigenvalue weighted by Gasteiger charge is 2.58. The van der Waals surface area contributed by atoms with Crippen LogP contribution in [0, 0.1) is 16.7 Å². The van der Waals surface area contributed by atoms with Crippen molar-refractivity contribution >= 4 is 0 Å². The lowest BCUT2D eigenvalue weighted by atomic mass is 9.67. The van der Waals surface area contributed by atoms with Gasteiger partial charge in [-0.1, -0.05) is 13.8 Å². The van der Waals surface area contributed by atoms with Crippen LogP contribution < -0.4 is 0 Å². The molecule has 16 heavy (non-hydrogen) atoms. The normalized spacial score (nSPS) is 42.0. The Morgan fingerprint density at radius 3 is 2.19 bits per heavy atom. The molecule has 0 amide bonds. The molecule has 2 aliphatic carbocycles. The van der Waals surface area contributed by atoms with Gasteiger partial charge in [-0.15, -0.1) is 0 Å². The standard InChI is InChI=1S/C15H27N/c1-14(2)13-5-7-15(14,8-6-13)9-12-16-10-3-4-11-16/h13H,3-12H2,1-2H3. The van der Waals surface area contributed by atoms with Gasteiger partial charge in [0.15, 0.2) is 0 Å². The number of hydrogen-bond donors (Lipinski definition) is 0. The molecule has 1 aliphatic heterocycles. The Labute approximate surface area is 101 Å². The molecule has 1 heterocycles. The average molecular weight is 221 g/mol. The molecule has 0 N–H and O–H groups in total. The molecule has 0 aromatic heterocycles. The Hall–Kier alpha value is -0.0400. The van der Waals surface area contributed by atoms with Crippen LogP contribution in [0.15, 0.2) is 0 Å². The number of nitrogens with zero attached hydrogens (tertiary/aromatic N) is 1. The van der Waals surface area contributed by atoms with E-state index < -0.39 is 0 Å². The summed E-state index contributed by atoms with van der Waals surface area (Å²) in [6.45, 7) is 9.25. The minimum atomic E-state index is 0.646. The van der Waals surface area contributed by atoms with E-state index in [1.165, 1.54) is 64.6 Å². The van der Waals surface area contributed by atoms with Gasteiger partial charge in [0.1, 0.15) is 0 Å². The molecule has 3 rings (SSSR count). The van der Waals surface area contributed by atoms with Crippen LogP contribution in [-0.4, -0.2) is 24.5 Å². The molecule has 0 aromatic carbocycles. The summed E-state index contributed by atoms with van der Waals surface area (Å²) in [6.07, 6.45) is 10.5. The molecule has 1 saturated heterocycles. The molecule has 1 heteroatoms. The van der Waals surface area contributed by atoms with Crippen LogP contribution in [0.2, 0.25) is 0 Å². The maximum atomic E-state index is 2.70. The van der Waals surface area contributed by atoms with E-state index in [1.807, 2.05) is 0 Å². The van der Waals surface area contributed by atoms with Crippen molar-refractivity contribution in [1.82, 2.24) is 4.90 Å². The second-order valence-electron chi connectivity index (χ2n) is 7.08. The predicted octanol–water partition coefficient (Wildman–Crippen LogP) is 3.69. The molecular weight excluding hydrogens is 194 g/mol. The van der Waals surface area contributed by atoms with Crippen molar-refractivity contribution < 1.29 is 0 Å². The third-order valence-corrected chi connectivity index (χ3v) is 6.44. The molecule has 0 unspecified atom stereocenters. The zero-order chi connectivity index (χ0) is 11.2. The highest BCUT2D eigenvalue weighted by atomic mass is 15.1. The lowest BCUT2D eigenvalue weighted by Gasteiger charge is -2.39. The maximum Gasteiger partial charge on any atom is -0.00132 e. The maximum absolute atomic E-state index is 2.70. The molecule has 92 valence electrons. The molecular formula is C15H27N. The van der Waals surface area contributed by atoms with E-state index in [1.54, 1.807) is 0 Å². The Morgan fingerprint density at radius 2 is 1.69 bits per heavy atom. The summed E-state index contributed by atoms with van der Waals surface area (Å²) in [6, 6.07) is 0. The molecule has 1 nitrogen and oxygen atoms in total. The SMILES string of the molecule is CC1(C)C2CCC1(CCN1CCCC1)CC2. The molecule has 2 saturated carbocycles. The van der Waals surface area contributed by atoms with Gasteiger partial charge in [0.25, 0.3) is 0 Å². The van der Waals surface area contributed by atoms with Crippen molar-refractivity contribution in [1.29, 1.82) is 0 Å². The highest BCUT2D eigenvalue weighted by molar-refractivity contribution is 5.08. The second-order valence-corrected chi connectivity index (χ2v) is 7.08. The summed E-state index contributed by atoms with van der Waals surface area (Å²) < 4.78 is 0. The number of likely N-dealkylation sites (tertiary alicyclic amines) is 1. The predicted molar refractivity (Wildman–Crippen MR) is 68.5 cm³/mol. The minimum absolute atomic E-state index is 0.646. The van der Waals surface area contributed by atoms with Crippen LogP contribution in [0.25, 0.3) is 0 Å². The first kappa shape index (κ1) is 11.1. The topological polar surface area (TPSA) is 3.24 Å². The van der Waals surface area contributed by atoms with E-state index in [-0.39, 0.29) is 0 Å². The number of hydrogen-bond acceptors (Lipinski definition) is 1. The molecule has 0 aromatic rings. The van der Waals surface area contributed by atoms with Crippen molar-refractivity contribution in [2.75, 3.05) is 19.6 Å². The van der Waals surface area contributed by atoms with Crippen LogP contribution in [0.4, 0.5) is 0 Å². The second kappa shape index (κ2) is 3.73. The molecule has 0 radical (unpaired) electrons. The largest absolute Gasteiger partial charge is 0.303 e. The van der Waals surface area contributed by atoms with Gasteiger partial charge in [-0.05, 0) is 81.3 Å². The quantitative estimate of drug-likeness (QED) is 0.702. The van der Waals surface area contributed by atoms with E-state index in [0.717, 1.165) is 11.3 Å². The van der Waals surface area contributed by atoms with Gasteiger partial charge in [-0.25, -0.2) is 0 Å². The molecule has 0 atom stereocenters. The Kier molecular flexibility index (Phi) is 2.58. The van der Waals surface area contributed by atoms with Crippen LogP contribution in [0.1, 0.15) is 58.8 Å². The Bertz CT molecular complexity index is 255. The van der Waals surface area contributed by atoms with Gasteiger partial charge in [0.2, 0.25) is 0 Å². The fraction of sp³-hybridized carbons (Fsp3) is 1.00. The van der Waals surface area contributed by atoms with E-state index in [2.05, 4.69) is 18.7 Å². The summed E-state index contributed by atoms with van der Waals surface area (Å²) in [7, 11) is 0. The zero-order valence-electron chi connectivity index (χ0n) is 11.1. The number of rotatable bonds is 3. The third kappa shape index (κ3) is 1.47. The van der Waals surface area contributed by atoms with Gasteiger partial charge in [-0.3, -0.25) is 0 Å². The minimum Gasteiger partial charge on any atom is -0.303 e. The van der Waals surface area contributed by atoms with E-state index in [4.69, 9.17) is 0 Å². The monoisotopic (exact) mass is 221 g/mol. The average Bonchev–Trinajstić information content (AvgIpc) is 2.91. The summed E-state index contributed by atoms with van der Waals surface area (Å²) in [4.78, 5) is 2.70. The van der Waals surface area contributed by atoms with Gasteiger partial charge in [0.05, 0.1) is 0 Å². The van der Waals surface area contributed by atoms with Gasteiger partial charge in [-0.2, -0.15) is 0 Å². The summed E-state index contributed by atoms with van der Waals surface area (Å²) in [5, 5.41) is 0. The lowest BCUT2D eigenvalue weighted by molar-refractivity contribution is 0.100.